The van der Waals surface area contributed by atoms with Gasteiger partial charge in [-0.2, -0.15) is 0 Å². The molecule has 0 amide bonds. The molecule has 1 heterocycles. The number of hydrogen-bond acceptors (Lipinski definition) is 3. The largest absolute Gasteiger partial charge is 0.384 e. The van der Waals surface area contributed by atoms with Crippen molar-refractivity contribution in [2.45, 2.75) is 32.7 Å². The van der Waals surface area contributed by atoms with Crippen LogP contribution in [0.15, 0.2) is 18.5 Å². The maximum absolute atomic E-state index is 13.2. The highest BCUT2D eigenvalue weighted by Gasteiger charge is 2.15. The van der Waals surface area contributed by atoms with Crippen LogP contribution < -0.4 is 5.32 Å². The normalized spacial score (nSPS) is 14.4. The van der Waals surface area contributed by atoms with E-state index in [1.54, 1.807) is 19.4 Å². The van der Waals surface area contributed by atoms with E-state index in [9.17, 15) is 4.39 Å². The molecule has 4 heteroatoms. The fourth-order valence-electron chi connectivity index (χ4n) is 2.03. The van der Waals surface area contributed by atoms with Gasteiger partial charge >= 0.3 is 0 Å². The zero-order chi connectivity index (χ0) is 13.4. The summed E-state index contributed by atoms with van der Waals surface area (Å²) in [5, 5.41) is 3.44. The number of pyridine rings is 1. The summed E-state index contributed by atoms with van der Waals surface area (Å²) in [6.45, 7) is 5.89. The number of nitrogens with one attached hydrogen (secondary N) is 1. The molecule has 0 saturated carbocycles. The quantitative estimate of drug-likeness (QED) is 0.774. The number of hydrogen-bond donors (Lipinski definition) is 1. The Labute approximate surface area is 109 Å². The van der Waals surface area contributed by atoms with Crippen LogP contribution >= 0.6 is 0 Å². The average Bonchev–Trinajstić information content (AvgIpc) is 2.34. The second kappa shape index (κ2) is 8.16. The van der Waals surface area contributed by atoms with Crippen molar-refractivity contribution in [2.75, 3.05) is 20.3 Å². The molecule has 0 spiro atoms. The molecule has 2 atom stereocenters. The fourth-order valence-corrected chi connectivity index (χ4v) is 2.03. The van der Waals surface area contributed by atoms with Crippen molar-refractivity contribution in [1.29, 1.82) is 0 Å². The first kappa shape index (κ1) is 15.1. The third-order valence-electron chi connectivity index (χ3n) is 2.86. The molecule has 0 aliphatic carbocycles. The lowest BCUT2D eigenvalue weighted by Crippen LogP contribution is -2.25. The lowest BCUT2D eigenvalue weighted by Gasteiger charge is -2.22. The van der Waals surface area contributed by atoms with Crippen LogP contribution in [-0.4, -0.2) is 25.2 Å². The molecule has 1 aromatic heterocycles. The maximum atomic E-state index is 13.2. The Kier molecular flexibility index (Phi) is 6.83. The first-order valence-corrected chi connectivity index (χ1v) is 6.50. The Morgan fingerprint density at radius 2 is 2.22 bits per heavy atom. The van der Waals surface area contributed by atoms with E-state index in [0.717, 1.165) is 24.9 Å². The minimum absolute atomic E-state index is 0.137. The van der Waals surface area contributed by atoms with Crippen molar-refractivity contribution in [1.82, 2.24) is 10.3 Å². The van der Waals surface area contributed by atoms with Crippen LogP contribution in [-0.2, 0) is 4.74 Å². The van der Waals surface area contributed by atoms with Gasteiger partial charge in [0, 0.05) is 26.0 Å². The van der Waals surface area contributed by atoms with Crippen molar-refractivity contribution >= 4 is 0 Å². The van der Waals surface area contributed by atoms with E-state index >= 15 is 0 Å². The third kappa shape index (κ3) is 5.10. The van der Waals surface area contributed by atoms with Gasteiger partial charge in [-0.25, -0.2) is 4.39 Å². The number of aromatic nitrogens is 1. The standard InChI is InChI=1S/C14H23FN2O/c1-4-5-17-14(6-11(2)10-18-3)12-7-13(15)9-16-8-12/h7-9,11,14,17H,4-6,10H2,1-3H3. The zero-order valence-corrected chi connectivity index (χ0v) is 11.4. The molecular weight excluding hydrogens is 231 g/mol. The summed E-state index contributed by atoms with van der Waals surface area (Å²) in [7, 11) is 1.70. The smallest absolute Gasteiger partial charge is 0.141 e. The number of nitrogens with zero attached hydrogens (tertiary/aromatic N) is 1. The summed E-state index contributed by atoms with van der Waals surface area (Å²) >= 11 is 0. The molecule has 0 fully saturated rings. The molecular formula is C14H23FN2O. The molecule has 0 aromatic carbocycles. The van der Waals surface area contributed by atoms with Crippen LogP contribution in [0.4, 0.5) is 4.39 Å². The van der Waals surface area contributed by atoms with Gasteiger partial charge in [-0.15, -0.1) is 0 Å². The van der Waals surface area contributed by atoms with Gasteiger partial charge in [0.2, 0.25) is 0 Å². The summed E-state index contributed by atoms with van der Waals surface area (Å²) in [5.74, 6) is 0.141. The van der Waals surface area contributed by atoms with Gasteiger partial charge in [0.1, 0.15) is 5.82 Å². The van der Waals surface area contributed by atoms with E-state index in [1.165, 1.54) is 6.20 Å². The van der Waals surface area contributed by atoms with E-state index in [4.69, 9.17) is 4.74 Å². The number of ether oxygens (including phenoxy) is 1. The topological polar surface area (TPSA) is 34.1 Å². The lowest BCUT2D eigenvalue weighted by molar-refractivity contribution is 0.149. The van der Waals surface area contributed by atoms with Crippen molar-refractivity contribution in [3.63, 3.8) is 0 Å². The number of rotatable bonds is 8. The SMILES string of the molecule is CCCNC(CC(C)COC)c1cncc(F)c1. The Hall–Kier alpha value is -1.00. The first-order valence-electron chi connectivity index (χ1n) is 6.50. The van der Waals surface area contributed by atoms with Crippen molar-refractivity contribution in [2.24, 2.45) is 5.92 Å². The Morgan fingerprint density at radius 1 is 1.44 bits per heavy atom. The van der Waals surface area contributed by atoms with E-state index in [-0.39, 0.29) is 11.9 Å². The summed E-state index contributed by atoms with van der Waals surface area (Å²) < 4.78 is 18.4. The number of methoxy groups -OCH3 is 1. The molecule has 1 aromatic rings. The minimum Gasteiger partial charge on any atom is -0.384 e. The van der Waals surface area contributed by atoms with Gasteiger partial charge < -0.3 is 10.1 Å². The molecule has 1 rings (SSSR count). The van der Waals surface area contributed by atoms with Crippen molar-refractivity contribution < 1.29 is 9.13 Å². The highest BCUT2D eigenvalue weighted by Crippen LogP contribution is 2.21. The molecule has 0 aliphatic rings. The minimum atomic E-state index is -0.282. The van der Waals surface area contributed by atoms with Gasteiger partial charge in [0.05, 0.1) is 6.20 Å². The zero-order valence-electron chi connectivity index (χ0n) is 11.4. The van der Waals surface area contributed by atoms with Gasteiger partial charge in [-0.1, -0.05) is 13.8 Å². The molecule has 0 bridgehead atoms. The molecule has 0 saturated heterocycles. The number of halogens is 1. The predicted octanol–water partition coefficient (Wildman–Crippen LogP) is 2.93. The fraction of sp³-hybridized carbons (Fsp3) is 0.643. The summed E-state index contributed by atoms with van der Waals surface area (Å²) in [6.07, 6.45) is 4.94. The monoisotopic (exact) mass is 254 g/mol. The molecule has 102 valence electrons. The Balaban J connectivity index is 2.70. The molecule has 0 radical (unpaired) electrons. The van der Waals surface area contributed by atoms with Crippen LogP contribution in [0.2, 0.25) is 0 Å². The molecule has 1 N–H and O–H groups in total. The van der Waals surface area contributed by atoms with E-state index < -0.39 is 0 Å². The van der Waals surface area contributed by atoms with Crippen LogP contribution in [0.5, 0.6) is 0 Å². The summed E-state index contributed by atoms with van der Waals surface area (Å²) in [5.41, 5.74) is 0.909. The van der Waals surface area contributed by atoms with Crippen LogP contribution in [0.25, 0.3) is 0 Å². The first-order chi connectivity index (χ1) is 8.67. The van der Waals surface area contributed by atoms with Crippen LogP contribution in [0.1, 0.15) is 38.3 Å². The van der Waals surface area contributed by atoms with Gasteiger partial charge in [-0.05, 0) is 36.9 Å². The Bertz CT molecular complexity index is 346. The third-order valence-corrected chi connectivity index (χ3v) is 2.86. The van der Waals surface area contributed by atoms with Crippen molar-refractivity contribution in [3.8, 4) is 0 Å². The van der Waals surface area contributed by atoms with E-state index in [0.29, 0.717) is 12.5 Å². The highest BCUT2D eigenvalue weighted by atomic mass is 19.1. The maximum Gasteiger partial charge on any atom is 0.141 e. The summed E-state index contributed by atoms with van der Waals surface area (Å²) in [6, 6.07) is 1.69. The van der Waals surface area contributed by atoms with E-state index in [1.807, 2.05) is 0 Å². The van der Waals surface area contributed by atoms with Crippen molar-refractivity contribution in [3.05, 3.63) is 29.8 Å². The average molecular weight is 254 g/mol. The molecule has 2 unspecified atom stereocenters. The lowest BCUT2D eigenvalue weighted by atomic mass is 9.97. The van der Waals surface area contributed by atoms with Gasteiger partial charge in [-0.3, -0.25) is 4.98 Å². The van der Waals surface area contributed by atoms with Crippen LogP contribution in [0.3, 0.4) is 0 Å². The Morgan fingerprint density at radius 3 is 2.83 bits per heavy atom. The molecule has 0 aliphatic heterocycles. The highest BCUT2D eigenvalue weighted by molar-refractivity contribution is 5.15. The van der Waals surface area contributed by atoms with Gasteiger partial charge in [0.25, 0.3) is 0 Å². The second-order valence-corrected chi connectivity index (χ2v) is 4.74. The second-order valence-electron chi connectivity index (χ2n) is 4.74. The van der Waals surface area contributed by atoms with E-state index in [2.05, 4.69) is 24.1 Å². The molecule has 3 nitrogen and oxygen atoms in total. The summed E-state index contributed by atoms with van der Waals surface area (Å²) in [4.78, 5) is 3.92. The molecule has 18 heavy (non-hydrogen) atoms. The van der Waals surface area contributed by atoms with Gasteiger partial charge in [0.15, 0.2) is 0 Å². The predicted molar refractivity (Wildman–Crippen MR) is 70.9 cm³/mol. The van der Waals surface area contributed by atoms with Crippen LogP contribution in [0, 0.1) is 11.7 Å².